The van der Waals surface area contributed by atoms with Crippen LogP contribution in [0.3, 0.4) is 0 Å². The van der Waals surface area contributed by atoms with E-state index in [1.54, 1.807) is 0 Å². The number of nitrogens with zero attached hydrogens (tertiary/aromatic N) is 2. The van der Waals surface area contributed by atoms with Crippen molar-refractivity contribution in [3.05, 3.63) is 71.6 Å². The van der Waals surface area contributed by atoms with E-state index in [1.165, 1.54) is 12.8 Å². The third-order valence-electron chi connectivity index (χ3n) is 4.96. The lowest BCUT2D eigenvalue weighted by atomic mass is 9.94. The molecule has 1 saturated heterocycles. The van der Waals surface area contributed by atoms with E-state index in [2.05, 4.69) is 26.8 Å². The molecule has 1 atom stereocenters. The molecule has 0 saturated carbocycles. The second kappa shape index (κ2) is 8.14. The topological polar surface area (TPSA) is 80.1 Å². The molecule has 1 aromatic heterocycles. The van der Waals surface area contributed by atoms with Crippen LogP contribution in [0.15, 0.2) is 59.4 Å². The van der Waals surface area contributed by atoms with Crippen molar-refractivity contribution in [2.75, 3.05) is 13.1 Å². The summed E-state index contributed by atoms with van der Waals surface area (Å²) in [6.07, 6.45) is 3.42. The minimum atomic E-state index is -0.0289. The van der Waals surface area contributed by atoms with Crippen molar-refractivity contribution in [2.45, 2.75) is 19.4 Å². The van der Waals surface area contributed by atoms with Gasteiger partial charge in [-0.25, -0.2) is 0 Å². The van der Waals surface area contributed by atoms with E-state index in [-0.39, 0.29) is 5.91 Å². The zero-order chi connectivity index (χ0) is 18.5. The van der Waals surface area contributed by atoms with Crippen LogP contribution in [-0.2, 0) is 13.0 Å². The van der Waals surface area contributed by atoms with Gasteiger partial charge in [0.25, 0.3) is 5.91 Å². The van der Waals surface area contributed by atoms with E-state index in [0.717, 1.165) is 41.8 Å². The molecule has 1 amide bonds. The number of carbonyl (C=O) groups excluding carboxylic acids is 1. The number of rotatable bonds is 6. The number of aromatic nitrogens is 2. The molecular formula is C21H22N4O2. The molecule has 27 heavy (non-hydrogen) atoms. The van der Waals surface area contributed by atoms with Crippen molar-refractivity contribution in [1.82, 2.24) is 20.8 Å². The highest BCUT2D eigenvalue weighted by Crippen LogP contribution is 2.19. The number of benzene rings is 2. The fourth-order valence-corrected chi connectivity index (χ4v) is 3.47. The number of hydrogen-bond donors (Lipinski definition) is 2. The van der Waals surface area contributed by atoms with E-state index in [0.29, 0.717) is 18.3 Å². The normalized spacial score (nSPS) is 16.4. The van der Waals surface area contributed by atoms with Gasteiger partial charge in [-0.05, 0) is 49.0 Å². The van der Waals surface area contributed by atoms with Gasteiger partial charge < -0.3 is 15.2 Å². The van der Waals surface area contributed by atoms with Crippen LogP contribution >= 0.6 is 0 Å². The monoisotopic (exact) mass is 362 g/mol. The van der Waals surface area contributed by atoms with Crippen molar-refractivity contribution in [2.24, 2.45) is 5.92 Å². The Hall–Kier alpha value is -2.99. The second-order valence-electron chi connectivity index (χ2n) is 6.85. The van der Waals surface area contributed by atoms with E-state index >= 15 is 0 Å². The fourth-order valence-electron chi connectivity index (χ4n) is 3.47. The molecule has 2 heterocycles. The number of hydrogen-bond acceptors (Lipinski definition) is 5. The first kappa shape index (κ1) is 17.4. The summed E-state index contributed by atoms with van der Waals surface area (Å²) >= 11 is 0. The SMILES string of the molecule is O=C(NCc1ccc(-c2ncon2)cc1)c1ccccc1CC1CCNC1. The summed E-state index contributed by atoms with van der Waals surface area (Å²) in [5.41, 5.74) is 3.80. The molecule has 0 radical (unpaired) electrons. The first-order chi connectivity index (χ1) is 13.3. The Balaban J connectivity index is 1.39. The van der Waals surface area contributed by atoms with Crippen molar-refractivity contribution in [3.8, 4) is 11.4 Å². The van der Waals surface area contributed by atoms with Crippen LogP contribution in [0, 0.1) is 5.92 Å². The van der Waals surface area contributed by atoms with Crippen LogP contribution in [0.5, 0.6) is 0 Å². The second-order valence-corrected chi connectivity index (χ2v) is 6.85. The zero-order valence-corrected chi connectivity index (χ0v) is 15.0. The highest BCUT2D eigenvalue weighted by atomic mass is 16.5. The highest BCUT2D eigenvalue weighted by molar-refractivity contribution is 5.95. The van der Waals surface area contributed by atoms with Gasteiger partial charge in [0.1, 0.15) is 0 Å². The number of nitrogens with one attached hydrogen (secondary N) is 2. The first-order valence-corrected chi connectivity index (χ1v) is 9.22. The van der Waals surface area contributed by atoms with E-state index < -0.39 is 0 Å². The standard InChI is InChI=1S/C21H22N4O2/c26-21(19-4-2-1-3-18(19)11-16-9-10-22-12-16)23-13-15-5-7-17(8-6-15)20-24-14-27-25-20/h1-8,14,16,22H,9-13H2,(H,23,26). The molecule has 2 aromatic carbocycles. The van der Waals surface area contributed by atoms with Crippen molar-refractivity contribution >= 4 is 5.91 Å². The Kier molecular flexibility index (Phi) is 5.25. The maximum Gasteiger partial charge on any atom is 0.251 e. The maximum atomic E-state index is 12.7. The van der Waals surface area contributed by atoms with E-state index in [4.69, 9.17) is 4.52 Å². The predicted molar refractivity (Wildman–Crippen MR) is 102 cm³/mol. The van der Waals surface area contributed by atoms with Gasteiger partial charge in [0.05, 0.1) is 0 Å². The summed E-state index contributed by atoms with van der Waals surface area (Å²) in [6, 6.07) is 15.7. The van der Waals surface area contributed by atoms with Crippen LogP contribution in [0.25, 0.3) is 11.4 Å². The average Bonchev–Trinajstić information content (AvgIpc) is 3.41. The summed E-state index contributed by atoms with van der Waals surface area (Å²) in [7, 11) is 0. The molecule has 0 spiro atoms. The Labute approximate surface area is 158 Å². The third-order valence-corrected chi connectivity index (χ3v) is 4.96. The van der Waals surface area contributed by atoms with E-state index in [1.807, 2.05) is 42.5 Å². The zero-order valence-electron chi connectivity index (χ0n) is 15.0. The first-order valence-electron chi connectivity index (χ1n) is 9.22. The summed E-state index contributed by atoms with van der Waals surface area (Å²) in [5.74, 6) is 1.14. The van der Waals surface area contributed by atoms with Gasteiger partial charge in [-0.1, -0.05) is 47.6 Å². The molecule has 1 aliphatic rings. The van der Waals surface area contributed by atoms with Gasteiger partial charge in [0.2, 0.25) is 12.2 Å². The van der Waals surface area contributed by atoms with Gasteiger partial charge in [0.15, 0.2) is 0 Å². The van der Waals surface area contributed by atoms with Crippen LogP contribution in [0.1, 0.15) is 27.9 Å². The highest BCUT2D eigenvalue weighted by Gasteiger charge is 2.18. The lowest BCUT2D eigenvalue weighted by molar-refractivity contribution is 0.0950. The summed E-state index contributed by atoms with van der Waals surface area (Å²) in [6.45, 7) is 2.58. The molecule has 6 nitrogen and oxygen atoms in total. The largest absolute Gasteiger partial charge is 0.348 e. The number of amides is 1. The fraction of sp³-hybridized carbons (Fsp3) is 0.286. The van der Waals surface area contributed by atoms with Gasteiger partial charge >= 0.3 is 0 Å². The van der Waals surface area contributed by atoms with Crippen LogP contribution in [-0.4, -0.2) is 29.1 Å². The Morgan fingerprint density at radius 3 is 2.78 bits per heavy atom. The predicted octanol–water partition coefficient (Wildman–Crippen LogP) is 2.82. The summed E-state index contributed by atoms with van der Waals surface area (Å²) in [5, 5.41) is 10.2. The Morgan fingerprint density at radius 1 is 1.19 bits per heavy atom. The molecule has 3 aromatic rings. The van der Waals surface area contributed by atoms with E-state index in [9.17, 15) is 4.79 Å². The van der Waals surface area contributed by atoms with Gasteiger partial charge in [0, 0.05) is 17.7 Å². The van der Waals surface area contributed by atoms with Crippen molar-refractivity contribution in [3.63, 3.8) is 0 Å². The Morgan fingerprint density at radius 2 is 2.04 bits per heavy atom. The summed E-state index contributed by atoms with van der Waals surface area (Å²) in [4.78, 5) is 16.7. The molecule has 2 N–H and O–H groups in total. The minimum Gasteiger partial charge on any atom is -0.348 e. The molecular weight excluding hydrogens is 340 g/mol. The third kappa shape index (κ3) is 4.23. The molecule has 1 fully saturated rings. The quantitative estimate of drug-likeness (QED) is 0.705. The summed E-state index contributed by atoms with van der Waals surface area (Å²) < 4.78 is 4.76. The van der Waals surface area contributed by atoms with Crippen LogP contribution < -0.4 is 10.6 Å². The van der Waals surface area contributed by atoms with Gasteiger partial charge in [-0.3, -0.25) is 4.79 Å². The molecule has 6 heteroatoms. The molecule has 1 aliphatic heterocycles. The van der Waals surface area contributed by atoms with Crippen LogP contribution in [0.2, 0.25) is 0 Å². The van der Waals surface area contributed by atoms with Gasteiger partial charge in [-0.15, -0.1) is 0 Å². The molecule has 138 valence electrons. The number of carbonyl (C=O) groups is 1. The molecule has 0 bridgehead atoms. The molecule has 4 rings (SSSR count). The maximum absolute atomic E-state index is 12.7. The lowest BCUT2D eigenvalue weighted by Gasteiger charge is -2.13. The minimum absolute atomic E-state index is 0.0289. The smallest absolute Gasteiger partial charge is 0.251 e. The Bertz CT molecular complexity index is 885. The van der Waals surface area contributed by atoms with Crippen molar-refractivity contribution in [1.29, 1.82) is 0 Å². The average molecular weight is 362 g/mol. The van der Waals surface area contributed by atoms with Crippen LogP contribution in [0.4, 0.5) is 0 Å². The molecule has 0 aliphatic carbocycles. The van der Waals surface area contributed by atoms with Crippen molar-refractivity contribution < 1.29 is 9.32 Å². The lowest BCUT2D eigenvalue weighted by Crippen LogP contribution is -2.24. The molecule has 1 unspecified atom stereocenters. The van der Waals surface area contributed by atoms with Gasteiger partial charge in [-0.2, -0.15) is 4.98 Å².